The summed E-state index contributed by atoms with van der Waals surface area (Å²) in [7, 11) is 1.36. The van der Waals surface area contributed by atoms with Crippen LogP contribution in [0.4, 0.5) is 10.5 Å². The maximum Gasteiger partial charge on any atom is 0.409 e. The molecule has 2 rings (SSSR count). The number of hydrogen-bond acceptors (Lipinski definition) is 4. The van der Waals surface area contributed by atoms with Gasteiger partial charge in [-0.1, -0.05) is 17.7 Å². The minimum Gasteiger partial charge on any atom is -0.453 e. The highest BCUT2D eigenvalue weighted by molar-refractivity contribution is 6.39. The van der Waals surface area contributed by atoms with E-state index in [9.17, 15) is 14.4 Å². The molecule has 0 aromatic heterocycles. The van der Waals surface area contributed by atoms with Crippen molar-refractivity contribution < 1.29 is 19.1 Å². The Labute approximate surface area is 147 Å². The minimum atomic E-state index is -0.668. The zero-order valence-corrected chi connectivity index (χ0v) is 14.9. The van der Waals surface area contributed by atoms with Crippen molar-refractivity contribution in [1.82, 2.24) is 10.2 Å². The van der Waals surface area contributed by atoms with Crippen LogP contribution in [-0.2, 0) is 14.3 Å². The summed E-state index contributed by atoms with van der Waals surface area (Å²) < 4.78 is 4.69. The summed E-state index contributed by atoms with van der Waals surface area (Å²) in [6, 6.07) is 5.62. The van der Waals surface area contributed by atoms with Gasteiger partial charge < -0.3 is 20.3 Å². The number of methoxy groups -OCH3 is 1. The third-order valence-electron chi connectivity index (χ3n) is 4.43. The molecule has 0 atom stereocenters. The molecule has 1 aromatic rings. The van der Waals surface area contributed by atoms with Crippen LogP contribution in [-0.4, -0.2) is 49.6 Å². The maximum atomic E-state index is 12.0. The zero-order chi connectivity index (χ0) is 18.4. The molecule has 7 heteroatoms. The molecule has 7 nitrogen and oxygen atoms in total. The number of nitrogens with one attached hydrogen (secondary N) is 2. The zero-order valence-electron chi connectivity index (χ0n) is 14.9. The van der Waals surface area contributed by atoms with Gasteiger partial charge in [0.2, 0.25) is 0 Å². The number of carbonyl (C=O) groups is 3. The van der Waals surface area contributed by atoms with Crippen molar-refractivity contribution in [2.24, 2.45) is 5.92 Å². The van der Waals surface area contributed by atoms with E-state index in [1.165, 1.54) is 7.11 Å². The number of aryl methyl sites for hydroxylation is 2. The molecular formula is C18H25N3O4. The lowest BCUT2D eigenvalue weighted by Crippen LogP contribution is -2.43. The number of ether oxygens (including phenoxy) is 1. The summed E-state index contributed by atoms with van der Waals surface area (Å²) in [6.07, 6.45) is 1.22. The van der Waals surface area contributed by atoms with Crippen LogP contribution in [0.5, 0.6) is 0 Å². The molecule has 1 heterocycles. The molecule has 0 bridgehead atoms. The molecule has 1 saturated heterocycles. The lowest BCUT2D eigenvalue weighted by Gasteiger charge is -2.30. The third kappa shape index (κ3) is 5.20. The van der Waals surface area contributed by atoms with Crippen molar-refractivity contribution in [2.75, 3.05) is 32.1 Å². The topological polar surface area (TPSA) is 87.7 Å². The van der Waals surface area contributed by atoms with Crippen molar-refractivity contribution in [3.63, 3.8) is 0 Å². The molecule has 1 aliphatic heterocycles. The Bertz CT molecular complexity index is 652. The second kappa shape index (κ2) is 8.50. The van der Waals surface area contributed by atoms with E-state index < -0.39 is 11.8 Å². The van der Waals surface area contributed by atoms with E-state index >= 15 is 0 Å². The standard InChI is InChI=1S/C18H25N3O4/c1-12-4-5-15(13(2)10-12)20-17(23)16(22)19-11-14-6-8-21(9-7-14)18(24)25-3/h4-5,10,14H,6-9,11H2,1-3H3,(H,19,22)(H,20,23). The van der Waals surface area contributed by atoms with Crippen LogP contribution >= 0.6 is 0 Å². The van der Waals surface area contributed by atoms with Gasteiger partial charge in [0, 0.05) is 25.3 Å². The smallest absolute Gasteiger partial charge is 0.409 e. The highest BCUT2D eigenvalue weighted by Gasteiger charge is 2.24. The molecule has 1 fully saturated rings. The maximum absolute atomic E-state index is 12.0. The summed E-state index contributed by atoms with van der Waals surface area (Å²) in [6.45, 7) is 5.48. The average Bonchev–Trinajstić information content (AvgIpc) is 2.61. The van der Waals surface area contributed by atoms with Gasteiger partial charge in [-0.05, 0) is 44.2 Å². The Morgan fingerprint density at radius 2 is 1.84 bits per heavy atom. The van der Waals surface area contributed by atoms with Crippen molar-refractivity contribution in [3.8, 4) is 0 Å². The molecule has 0 unspecified atom stereocenters. The van der Waals surface area contributed by atoms with E-state index in [0.29, 0.717) is 25.3 Å². The molecule has 1 aromatic carbocycles. The number of rotatable bonds is 3. The predicted molar refractivity (Wildman–Crippen MR) is 94.3 cm³/mol. The number of anilines is 1. The second-order valence-corrected chi connectivity index (χ2v) is 6.38. The molecular weight excluding hydrogens is 322 g/mol. The fraction of sp³-hybridized carbons (Fsp3) is 0.500. The molecule has 0 radical (unpaired) electrons. The number of amides is 3. The Hall–Kier alpha value is -2.57. The number of nitrogens with zero attached hydrogens (tertiary/aromatic N) is 1. The van der Waals surface area contributed by atoms with Gasteiger partial charge in [-0.3, -0.25) is 9.59 Å². The molecule has 0 aliphatic carbocycles. The van der Waals surface area contributed by atoms with E-state index in [1.807, 2.05) is 26.0 Å². The number of hydrogen-bond donors (Lipinski definition) is 2. The van der Waals surface area contributed by atoms with E-state index in [0.717, 1.165) is 24.0 Å². The summed E-state index contributed by atoms with van der Waals surface area (Å²) in [5.41, 5.74) is 2.65. The first kappa shape index (κ1) is 18.8. The van der Waals surface area contributed by atoms with Gasteiger partial charge >= 0.3 is 17.9 Å². The van der Waals surface area contributed by atoms with Crippen molar-refractivity contribution >= 4 is 23.6 Å². The number of piperidine rings is 1. The van der Waals surface area contributed by atoms with Crippen LogP contribution < -0.4 is 10.6 Å². The largest absolute Gasteiger partial charge is 0.453 e. The van der Waals surface area contributed by atoms with Crippen LogP contribution in [0.25, 0.3) is 0 Å². The molecule has 136 valence electrons. The van der Waals surface area contributed by atoms with E-state index in [1.54, 1.807) is 11.0 Å². The number of benzene rings is 1. The fourth-order valence-electron chi connectivity index (χ4n) is 2.90. The van der Waals surface area contributed by atoms with Crippen LogP contribution in [0.2, 0.25) is 0 Å². The summed E-state index contributed by atoms with van der Waals surface area (Å²) >= 11 is 0. The Morgan fingerprint density at radius 3 is 2.44 bits per heavy atom. The van der Waals surface area contributed by atoms with Gasteiger partial charge in [0.1, 0.15) is 0 Å². The van der Waals surface area contributed by atoms with Crippen LogP contribution in [0.15, 0.2) is 18.2 Å². The van der Waals surface area contributed by atoms with Gasteiger partial charge in [0.15, 0.2) is 0 Å². The van der Waals surface area contributed by atoms with Crippen molar-refractivity contribution in [2.45, 2.75) is 26.7 Å². The Balaban J connectivity index is 1.77. The highest BCUT2D eigenvalue weighted by Crippen LogP contribution is 2.17. The van der Waals surface area contributed by atoms with Crippen LogP contribution in [0.3, 0.4) is 0 Å². The number of carbonyl (C=O) groups excluding carboxylic acids is 3. The van der Waals surface area contributed by atoms with Gasteiger partial charge in [-0.2, -0.15) is 0 Å². The van der Waals surface area contributed by atoms with E-state index in [2.05, 4.69) is 10.6 Å². The second-order valence-electron chi connectivity index (χ2n) is 6.38. The Kier molecular flexibility index (Phi) is 6.38. The van der Waals surface area contributed by atoms with Gasteiger partial charge in [-0.25, -0.2) is 4.79 Å². The van der Waals surface area contributed by atoms with Crippen LogP contribution in [0.1, 0.15) is 24.0 Å². The summed E-state index contributed by atoms with van der Waals surface area (Å²) in [5, 5.41) is 5.31. The number of likely N-dealkylation sites (tertiary alicyclic amines) is 1. The fourth-order valence-corrected chi connectivity index (χ4v) is 2.90. The highest BCUT2D eigenvalue weighted by atomic mass is 16.5. The quantitative estimate of drug-likeness (QED) is 0.817. The molecule has 2 N–H and O–H groups in total. The monoisotopic (exact) mass is 347 g/mol. The molecule has 3 amide bonds. The van der Waals surface area contributed by atoms with Crippen molar-refractivity contribution in [1.29, 1.82) is 0 Å². The Morgan fingerprint density at radius 1 is 1.16 bits per heavy atom. The minimum absolute atomic E-state index is 0.249. The van der Waals surface area contributed by atoms with E-state index in [4.69, 9.17) is 4.74 Å². The molecule has 25 heavy (non-hydrogen) atoms. The summed E-state index contributed by atoms with van der Waals surface area (Å²) in [5.74, 6) is -1.06. The normalized spacial score (nSPS) is 14.8. The lowest BCUT2D eigenvalue weighted by atomic mass is 9.97. The molecule has 1 aliphatic rings. The lowest BCUT2D eigenvalue weighted by molar-refractivity contribution is -0.136. The van der Waals surface area contributed by atoms with Crippen LogP contribution in [0, 0.1) is 19.8 Å². The average molecular weight is 347 g/mol. The van der Waals surface area contributed by atoms with Gasteiger partial charge in [0.25, 0.3) is 0 Å². The first-order chi connectivity index (χ1) is 11.9. The third-order valence-corrected chi connectivity index (χ3v) is 4.43. The predicted octanol–water partition coefficient (Wildman–Crippen LogP) is 1.84. The first-order valence-corrected chi connectivity index (χ1v) is 8.40. The van der Waals surface area contributed by atoms with Gasteiger partial charge in [0.05, 0.1) is 7.11 Å². The van der Waals surface area contributed by atoms with E-state index in [-0.39, 0.29) is 12.0 Å². The van der Waals surface area contributed by atoms with Crippen molar-refractivity contribution in [3.05, 3.63) is 29.3 Å². The summed E-state index contributed by atoms with van der Waals surface area (Å²) in [4.78, 5) is 37.1. The van der Waals surface area contributed by atoms with Gasteiger partial charge in [-0.15, -0.1) is 0 Å². The molecule has 0 spiro atoms. The molecule has 0 saturated carbocycles. The first-order valence-electron chi connectivity index (χ1n) is 8.40. The SMILES string of the molecule is COC(=O)N1CCC(CNC(=O)C(=O)Nc2ccc(C)cc2C)CC1.